The molecule has 208 valence electrons. The van der Waals surface area contributed by atoms with Crippen LogP contribution in [0.4, 0.5) is 0 Å². The molecule has 1 fully saturated rings. The van der Waals surface area contributed by atoms with Crippen LogP contribution in [0, 0.1) is 6.92 Å². The van der Waals surface area contributed by atoms with Gasteiger partial charge in [-0.1, -0.05) is 18.2 Å². The van der Waals surface area contributed by atoms with E-state index in [2.05, 4.69) is 11.1 Å². The van der Waals surface area contributed by atoms with Crippen LogP contribution in [0.1, 0.15) is 54.7 Å². The average Bonchev–Trinajstić information content (AvgIpc) is 3.28. The number of H-pyrrole nitrogens is 1. The Hall–Kier alpha value is -3.52. The molecule has 2 aromatic carbocycles. The number of hydrogen-bond donors (Lipinski definition) is 1. The lowest BCUT2D eigenvalue weighted by molar-refractivity contribution is -0.170. The molecule has 0 bridgehead atoms. The Bertz CT molecular complexity index is 1340. The highest BCUT2D eigenvalue weighted by Gasteiger charge is 2.46. The number of fused-ring (bicyclic) bond motifs is 2. The molecule has 8 nitrogen and oxygen atoms in total. The van der Waals surface area contributed by atoms with Gasteiger partial charge in [-0.05, 0) is 81.8 Å². The van der Waals surface area contributed by atoms with Crippen molar-refractivity contribution in [3.05, 3.63) is 59.3 Å². The fraction of sp³-hybridized carbons (Fsp3) is 0.484. The standard InChI is InChI=1S/C31H39N3O5/c1-4-33-16-18-38-27-12-7-6-10-23(27)11-8-9-15-31(30(33)36)21-34(17-19-39-31)29(35)28-22(3)25-20-24(37-5-2)13-14-26(25)32-28/h6-7,10,12-14,20,32H,4-5,8-9,11,15-19,21H2,1-3H3. The SMILES string of the molecule is CCOc1ccc2[nH]c(C(=O)N3CCOC4(CCCCc5ccccc5OCCN(CC)C4=O)C3)c(C)c2c1. The summed E-state index contributed by atoms with van der Waals surface area (Å²) in [5.41, 5.74) is 2.44. The monoisotopic (exact) mass is 533 g/mol. The predicted molar refractivity (Wildman–Crippen MR) is 151 cm³/mol. The molecule has 0 aliphatic carbocycles. The smallest absolute Gasteiger partial charge is 0.270 e. The summed E-state index contributed by atoms with van der Waals surface area (Å²) in [6.45, 7) is 8.88. The molecule has 1 N–H and O–H groups in total. The number of morpholine rings is 1. The highest BCUT2D eigenvalue weighted by molar-refractivity contribution is 6.01. The molecule has 1 unspecified atom stereocenters. The molecule has 3 aromatic rings. The van der Waals surface area contributed by atoms with Crippen LogP contribution in [-0.2, 0) is 16.0 Å². The summed E-state index contributed by atoms with van der Waals surface area (Å²) in [6, 6.07) is 13.9. The van der Waals surface area contributed by atoms with E-state index in [9.17, 15) is 9.59 Å². The number of aromatic amines is 1. The first-order valence-electron chi connectivity index (χ1n) is 14.1. The zero-order valence-electron chi connectivity index (χ0n) is 23.3. The predicted octanol–water partition coefficient (Wildman–Crippen LogP) is 4.74. The van der Waals surface area contributed by atoms with Crippen LogP contribution < -0.4 is 9.47 Å². The Balaban J connectivity index is 1.40. The molecule has 2 aliphatic rings. The number of amides is 2. The number of ether oxygens (including phenoxy) is 3. The van der Waals surface area contributed by atoms with Crippen molar-refractivity contribution in [2.75, 3.05) is 46.0 Å². The fourth-order valence-corrected chi connectivity index (χ4v) is 5.81. The lowest BCUT2D eigenvalue weighted by atomic mass is 9.90. The minimum atomic E-state index is -1.06. The van der Waals surface area contributed by atoms with E-state index < -0.39 is 5.60 Å². The molecule has 1 saturated heterocycles. The van der Waals surface area contributed by atoms with E-state index >= 15 is 0 Å². The van der Waals surface area contributed by atoms with Gasteiger partial charge >= 0.3 is 0 Å². The fourth-order valence-electron chi connectivity index (χ4n) is 5.81. The third-order valence-corrected chi connectivity index (χ3v) is 7.95. The number of likely N-dealkylation sites (N-methyl/N-ethyl adjacent to an activating group) is 1. The molecule has 0 radical (unpaired) electrons. The van der Waals surface area contributed by atoms with Gasteiger partial charge in [-0.3, -0.25) is 9.59 Å². The van der Waals surface area contributed by atoms with Gasteiger partial charge in [0.25, 0.3) is 11.8 Å². The third-order valence-electron chi connectivity index (χ3n) is 7.95. The zero-order valence-corrected chi connectivity index (χ0v) is 23.3. The molecule has 1 aromatic heterocycles. The van der Waals surface area contributed by atoms with E-state index in [1.807, 2.05) is 62.1 Å². The molecular weight excluding hydrogens is 494 g/mol. The zero-order chi connectivity index (χ0) is 27.4. The first kappa shape index (κ1) is 27.1. The maximum absolute atomic E-state index is 14.0. The second-order valence-electron chi connectivity index (χ2n) is 10.4. The summed E-state index contributed by atoms with van der Waals surface area (Å²) < 4.78 is 18.1. The Morgan fingerprint density at radius 1 is 1.10 bits per heavy atom. The maximum atomic E-state index is 14.0. The van der Waals surface area contributed by atoms with Crippen LogP contribution in [0.3, 0.4) is 0 Å². The number of aromatic nitrogens is 1. The number of benzene rings is 2. The van der Waals surface area contributed by atoms with Crippen LogP contribution in [-0.4, -0.2) is 78.2 Å². The van der Waals surface area contributed by atoms with Gasteiger partial charge in [0, 0.05) is 24.0 Å². The van der Waals surface area contributed by atoms with Crippen molar-refractivity contribution in [2.24, 2.45) is 0 Å². The lowest BCUT2D eigenvalue weighted by Crippen LogP contribution is -2.62. The van der Waals surface area contributed by atoms with E-state index in [1.54, 1.807) is 4.90 Å². The van der Waals surface area contributed by atoms with Crippen molar-refractivity contribution in [1.29, 1.82) is 0 Å². The van der Waals surface area contributed by atoms with Gasteiger partial charge in [0.2, 0.25) is 0 Å². The first-order valence-corrected chi connectivity index (χ1v) is 14.1. The van der Waals surface area contributed by atoms with Crippen molar-refractivity contribution in [2.45, 2.75) is 52.1 Å². The minimum absolute atomic E-state index is 0.0605. The molecular formula is C31H39N3O5. The van der Waals surface area contributed by atoms with Crippen molar-refractivity contribution < 1.29 is 23.8 Å². The highest BCUT2D eigenvalue weighted by Crippen LogP contribution is 2.32. The summed E-state index contributed by atoms with van der Waals surface area (Å²) in [5, 5.41) is 0.965. The Kier molecular flexibility index (Phi) is 8.12. The number of carbonyl (C=O) groups excluding carboxylic acids is 2. The van der Waals surface area contributed by atoms with E-state index in [1.165, 1.54) is 5.56 Å². The lowest BCUT2D eigenvalue weighted by Gasteiger charge is -2.44. The number of rotatable bonds is 4. The number of nitrogens with zero attached hydrogens (tertiary/aromatic N) is 2. The largest absolute Gasteiger partial charge is 0.494 e. The van der Waals surface area contributed by atoms with Crippen molar-refractivity contribution in [3.63, 3.8) is 0 Å². The van der Waals surface area contributed by atoms with Crippen molar-refractivity contribution in [1.82, 2.24) is 14.8 Å². The number of nitrogens with one attached hydrogen (secondary N) is 1. The summed E-state index contributed by atoms with van der Waals surface area (Å²) in [4.78, 5) is 34.8. The Morgan fingerprint density at radius 2 is 1.95 bits per heavy atom. The van der Waals surface area contributed by atoms with Gasteiger partial charge in [0.05, 0.1) is 26.3 Å². The third kappa shape index (κ3) is 5.48. The van der Waals surface area contributed by atoms with E-state index in [0.29, 0.717) is 51.6 Å². The van der Waals surface area contributed by atoms with E-state index in [0.717, 1.165) is 47.2 Å². The highest BCUT2D eigenvalue weighted by atomic mass is 16.5. The van der Waals surface area contributed by atoms with Gasteiger partial charge in [-0.25, -0.2) is 0 Å². The van der Waals surface area contributed by atoms with Gasteiger partial charge in [-0.15, -0.1) is 0 Å². The Labute approximate surface area is 230 Å². The molecule has 0 saturated carbocycles. The van der Waals surface area contributed by atoms with Gasteiger partial charge in [-0.2, -0.15) is 0 Å². The molecule has 1 atom stereocenters. The summed E-state index contributed by atoms with van der Waals surface area (Å²) in [7, 11) is 0. The van der Waals surface area contributed by atoms with Gasteiger partial charge in [0.1, 0.15) is 23.8 Å². The van der Waals surface area contributed by atoms with Crippen LogP contribution in [0.25, 0.3) is 10.9 Å². The first-order chi connectivity index (χ1) is 19.0. The number of hydrogen-bond acceptors (Lipinski definition) is 5. The molecule has 8 heteroatoms. The van der Waals surface area contributed by atoms with Crippen LogP contribution in [0.5, 0.6) is 11.5 Å². The second-order valence-corrected chi connectivity index (χ2v) is 10.4. The molecule has 1 spiro atoms. The minimum Gasteiger partial charge on any atom is -0.494 e. The van der Waals surface area contributed by atoms with Crippen LogP contribution in [0.2, 0.25) is 0 Å². The Morgan fingerprint density at radius 3 is 2.77 bits per heavy atom. The number of para-hydroxylation sites is 1. The average molecular weight is 534 g/mol. The maximum Gasteiger partial charge on any atom is 0.270 e. The van der Waals surface area contributed by atoms with Crippen LogP contribution in [0.15, 0.2) is 42.5 Å². The van der Waals surface area contributed by atoms with Gasteiger partial charge < -0.3 is 29.0 Å². The molecule has 2 amide bonds. The van der Waals surface area contributed by atoms with E-state index in [-0.39, 0.29) is 18.4 Å². The molecule has 39 heavy (non-hydrogen) atoms. The van der Waals surface area contributed by atoms with E-state index in [4.69, 9.17) is 14.2 Å². The van der Waals surface area contributed by atoms with Crippen LogP contribution >= 0.6 is 0 Å². The second kappa shape index (κ2) is 11.7. The summed E-state index contributed by atoms with van der Waals surface area (Å²) >= 11 is 0. The number of aryl methyl sites for hydroxylation is 2. The topological polar surface area (TPSA) is 84.1 Å². The van der Waals surface area contributed by atoms with Crippen molar-refractivity contribution in [3.8, 4) is 11.5 Å². The molecule has 2 aliphatic heterocycles. The van der Waals surface area contributed by atoms with Gasteiger partial charge in [0.15, 0.2) is 5.60 Å². The summed E-state index contributed by atoms with van der Waals surface area (Å²) in [5.74, 6) is 1.50. The summed E-state index contributed by atoms with van der Waals surface area (Å²) in [6.07, 6.45) is 3.16. The molecule has 5 rings (SSSR count). The molecule has 3 heterocycles. The van der Waals surface area contributed by atoms with Crippen molar-refractivity contribution >= 4 is 22.7 Å². The quantitative estimate of drug-likeness (QED) is 0.524. The number of carbonyl (C=O) groups is 2. The normalized spacial score (nSPS) is 20.7.